The molecule has 0 heterocycles. The molecule has 0 aromatic rings. The molecule has 1 unspecified atom stereocenters. The van der Waals surface area contributed by atoms with E-state index in [0.29, 0.717) is 0 Å². The molecule has 2 nitrogen and oxygen atoms in total. The molecule has 0 aliphatic heterocycles. The van der Waals surface area contributed by atoms with Crippen LogP contribution in [0.3, 0.4) is 0 Å². The van der Waals surface area contributed by atoms with Crippen molar-refractivity contribution < 1.29 is 8.09 Å². The molecular formula is C5H10FNOS. The number of hydrogen-bond acceptors (Lipinski definition) is 1. The zero-order valence-electron chi connectivity index (χ0n) is 5.10. The van der Waals surface area contributed by atoms with Crippen molar-refractivity contribution in [3.05, 3.63) is 0 Å². The number of halogens is 1. The van der Waals surface area contributed by atoms with Crippen molar-refractivity contribution in [2.24, 2.45) is 0 Å². The van der Waals surface area contributed by atoms with Gasteiger partial charge in [0.25, 0.3) is 11.4 Å². The van der Waals surface area contributed by atoms with Crippen LogP contribution in [0.15, 0.2) is 0 Å². The Kier molecular flexibility index (Phi) is 2.60. The van der Waals surface area contributed by atoms with Gasteiger partial charge < -0.3 is 0 Å². The molecule has 54 valence electrons. The molecule has 0 spiro atoms. The van der Waals surface area contributed by atoms with Crippen molar-refractivity contribution in [1.29, 1.82) is 0 Å². The Bertz CT molecular complexity index is 114. The molecule has 0 aromatic carbocycles. The molecule has 1 rings (SSSR count). The van der Waals surface area contributed by atoms with E-state index in [2.05, 4.69) is 4.72 Å². The van der Waals surface area contributed by atoms with E-state index in [4.69, 9.17) is 0 Å². The van der Waals surface area contributed by atoms with E-state index >= 15 is 0 Å². The van der Waals surface area contributed by atoms with Gasteiger partial charge in [0, 0.05) is 6.04 Å². The van der Waals surface area contributed by atoms with E-state index in [0.717, 1.165) is 25.7 Å². The van der Waals surface area contributed by atoms with Gasteiger partial charge in [-0.25, -0.2) is 8.93 Å². The fraction of sp³-hybridized carbons (Fsp3) is 1.00. The van der Waals surface area contributed by atoms with Gasteiger partial charge in [-0.2, -0.15) is 0 Å². The lowest BCUT2D eigenvalue weighted by molar-refractivity contribution is 0.587. The third-order valence-electron chi connectivity index (χ3n) is 1.61. The summed E-state index contributed by atoms with van der Waals surface area (Å²) in [5, 5.41) is 0. The van der Waals surface area contributed by atoms with Crippen LogP contribution in [0.5, 0.6) is 0 Å². The maximum absolute atomic E-state index is 11.7. The molecule has 0 bridgehead atoms. The summed E-state index contributed by atoms with van der Waals surface area (Å²) >= 11 is -2.31. The summed E-state index contributed by atoms with van der Waals surface area (Å²) in [4.78, 5) is 0. The first-order valence-electron chi connectivity index (χ1n) is 3.13. The lowest BCUT2D eigenvalue weighted by Gasteiger charge is -2.03. The third-order valence-corrected chi connectivity index (χ3v) is 2.13. The first-order chi connectivity index (χ1) is 4.29. The molecule has 1 aliphatic rings. The maximum atomic E-state index is 11.7. The average molecular weight is 151 g/mol. The first kappa shape index (κ1) is 7.15. The molecule has 0 saturated heterocycles. The summed E-state index contributed by atoms with van der Waals surface area (Å²) in [7, 11) is 0. The topological polar surface area (TPSA) is 29.1 Å². The molecular weight excluding hydrogens is 141 g/mol. The standard InChI is InChI=1S/C5H10FNOS/c6-9(8)7-5-3-1-2-4-5/h5,7H,1-4H2. The van der Waals surface area contributed by atoms with E-state index in [9.17, 15) is 8.09 Å². The zero-order chi connectivity index (χ0) is 6.69. The fourth-order valence-corrected chi connectivity index (χ4v) is 1.67. The molecule has 0 radical (unpaired) electrons. The molecule has 4 heteroatoms. The second-order valence-corrected chi connectivity index (χ2v) is 3.01. The van der Waals surface area contributed by atoms with E-state index < -0.39 is 11.4 Å². The van der Waals surface area contributed by atoms with Crippen molar-refractivity contribution in [1.82, 2.24) is 4.72 Å². The minimum Gasteiger partial charge on any atom is -0.208 e. The minimum absolute atomic E-state index is 0.163. The Morgan fingerprint density at radius 3 is 2.44 bits per heavy atom. The summed E-state index contributed by atoms with van der Waals surface area (Å²) in [6.45, 7) is 0. The van der Waals surface area contributed by atoms with Crippen LogP contribution >= 0.6 is 0 Å². The number of hydrogen-bond donors (Lipinski definition) is 1. The Hall–Kier alpha value is 0.0400. The van der Waals surface area contributed by atoms with Gasteiger partial charge >= 0.3 is 0 Å². The van der Waals surface area contributed by atoms with E-state index in [1.54, 1.807) is 0 Å². The van der Waals surface area contributed by atoms with Gasteiger partial charge in [0.15, 0.2) is 0 Å². The average Bonchev–Trinajstić information content (AvgIpc) is 2.15. The van der Waals surface area contributed by atoms with Crippen molar-refractivity contribution in [3.8, 4) is 0 Å². The molecule has 1 saturated carbocycles. The van der Waals surface area contributed by atoms with Crippen LogP contribution in [-0.2, 0) is 11.4 Å². The van der Waals surface area contributed by atoms with Crippen LogP contribution < -0.4 is 4.72 Å². The predicted molar refractivity (Wildman–Crippen MR) is 34.6 cm³/mol. The summed E-state index contributed by atoms with van der Waals surface area (Å²) in [6, 6.07) is 0.163. The quantitative estimate of drug-likeness (QED) is 0.587. The van der Waals surface area contributed by atoms with Gasteiger partial charge in [-0.15, -0.1) is 3.89 Å². The molecule has 9 heavy (non-hydrogen) atoms. The van der Waals surface area contributed by atoms with Crippen LogP contribution in [-0.4, -0.2) is 10.3 Å². The predicted octanol–water partition coefficient (Wildman–Crippen LogP) is 1.07. The number of rotatable bonds is 2. The summed E-state index contributed by atoms with van der Waals surface area (Å²) in [5.74, 6) is 0. The van der Waals surface area contributed by atoms with Gasteiger partial charge in [-0.05, 0) is 12.8 Å². The highest BCUT2D eigenvalue weighted by atomic mass is 32.2. The monoisotopic (exact) mass is 151 g/mol. The first-order valence-corrected chi connectivity index (χ1v) is 4.18. The molecule has 1 aliphatic carbocycles. The lowest BCUT2D eigenvalue weighted by atomic mass is 10.3. The van der Waals surface area contributed by atoms with Crippen LogP contribution in [0.2, 0.25) is 0 Å². The Labute approximate surface area is 56.7 Å². The molecule has 0 aromatic heterocycles. The molecule has 1 fully saturated rings. The van der Waals surface area contributed by atoms with Crippen molar-refractivity contribution in [3.63, 3.8) is 0 Å². The lowest BCUT2D eigenvalue weighted by Crippen LogP contribution is -2.25. The number of nitrogens with one attached hydrogen (secondary N) is 1. The minimum atomic E-state index is -2.31. The van der Waals surface area contributed by atoms with Crippen molar-refractivity contribution in [2.75, 3.05) is 0 Å². The molecule has 1 N–H and O–H groups in total. The highest BCUT2D eigenvalue weighted by Crippen LogP contribution is 2.17. The second kappa shape index (κ2) is 3.27. The van der Waals surface area contributed by atoms with Gasteiger partial charge in [-0.1, -0.05) is 12.8 Å². The zero-order valence-corrected chi connectivity index (χ0v) is 5.92. The van der Waals surface area contributed by atoms with E-state index in [1.807, 2.05) is 0 Å². The summed E-state index contributed by atoms with van der Waals surface area (Å²) in [6.07, 6.45) is 4.20. The van der Waals surface area contributed by atoms with Crippen LogP contribution in [0.4, 0.5) is 3.89 Å². The van der Waals surface area contributed by atoms with Crippen LogP contribution in [0.1, 0.15) is 25.7 Å². The van der Waals surface area contributed by atoms with Crippen molar-refractivity contribution in [2.45, 2.75) is 31.7 Å². The normalized spacial score (nSPS) is 24.6. The fourth-order valence-electron chi connectivity index (χ4n) is 1.17. The Morgan fingerprint density at radius 2 is 2.00 bits per heavy atom. The highest BCUT2D eigenvalue weighted by Gasteiger charge is 2.15. The summed E-state index contributed by atoms with van der Waals surface area (Å²) in [5.41, 5.74) is 0. The van der Waals surface area contributed by atoms with Gasteiger partial charge in [-0.3, -0.25) is 0 Å². The SMILES string of the molecule is O=S(F)NC1CCCC1. The van der Waals surface area contributed by atoms with Gasteiger partial charge in [0.05, 0.1) is 0 Å². The van der Waals surface area contributed by atoms with Gasteiger partial charge in [0.1, 0.15) is 0 Å². The maximum Gasteiger partial charge on any atom is 0.274 e. The van der Waals surface area contributed by atoms with E-state index in [-0.39, 0.29) is 6.04 Å². The van der Waals surface area contributed by atoms with E-state index in [1.165, 1.54) is 0 Å². The third kappa shape index (κ3) is 2.41. The molecule has 1 atom stereocenters. The second-order valence-electron chi connectivity index (χ2n) is 2.32. The molecule has 0 amide bonds. The van der Waals surface area contributed by atoms with Crippen molar-refractivity contribution >= 4 is 11.4 Å². The smallest absolute Gasteiger partial charge is 0.208 e. The van der Waals surface area contributed by atoms with Crippen LogP contribution in [0, 0.1) is 0 Å². The van der Waals surface area contributed by atoms with Gasteiger partial charge in [0.2, 0.25) is 0 Å². The Morgan fingerprint density at radius 1 is 1.44 bits per heavy atom. The highest BCUT2D eigenvalue weighted by molar-refractivity contribution is 7.77. The summed E-state index contributed by atoms with van der Waals surface area (Å²) < 4.78 is 24.0. The largest absolute Gasteiger partial charge is 0.274 e. The Balaban J connectivity index is 2.19. The van der Waals surface area contributed by atoms with Crippen LogP contribution in [0.25, 0.3) is 0 Å².